The van der Waals surface area contributed by atoms with Crippen LogP contribution in [-0.4, -0.2) is 18.1 Å². The van der Waals surface area contributed by atoms with Gasteiger partial charge in [0.15, 0.2) is 11.6 Å². The van der Waals surface area contributed by atoms with Crippen LogP contribution in [0.5, 0.6) is 0 Å². The molecule has 0 saturated heterocycles. The maximum Gasteiger partial charge on any atom is 0.335 e. The summed E-state index contributed by atoms with van der Waals surface area (Å²) in [6, 6.07) is 8.78. The number of carboxylic acid groups (broad SMARTS) is 1. The van der Waals surface area contributed by atoms with Crippen molar-refractivity contribution in [2.24, 2.45) is 0 Å². The van der Waals surface area contributed by atoms with Gasteiger partial charge < -0.3 is 10.0 Å². The summed E-state index contributed by atoms with van der Waals surface area (Å²) in [5.74, 6) is -3.19. The normalized spacial score (nSPS) is 10.4. The highest BCUT2D eigenvalue weighted by Crippen LogP contribution is 2.31. The van der Waals surface area contributed by atoms with E-state index < -0.39 is 23.2 Å². The lowest BCUT2D eigenvalue weighted by Gasteiger charge is -2.22. The third-order valence-electron chi connectivity index (χ3n) is 3.08. The Bertz CT molecular complexity index is 648. The van der Waals surface area contributed by atoms with Crippen LogP contribution in [0.25, 0.3) is 0 Å². The zero-order valence-electron chi connectivity index (χ0n) is 11.0. The quantitative estimate of drug-likeness (QED) is 0.929. The number of hydrogen-bond acceptors (Lipinski definition) is 2. The Balaban J connectivity index is 2.53. The van der Waals surface area contributed by atoms with E-state index in [1.165, 1.54) is 11.9 Å². The van der Waals surface area contributed by atoms with E-state index in [2.05, 4.69) is 0 Å². The third-order valence-corrected chi connectivity index (χ3v) is 3.08. The molecule has 0 unspecified atom stereocenters. The first-order valence-electron chi connectivity index (χ1n) is 5.93. The van der Waals surface area contributed by atoms with E-state index in [9.17, 15) is 13.6 Å². The van der Waals surface area contributed by atoms with Crippen LogP contribution in [0.4, 0.5) is 20.2 Å². The van der Waals surface area contributed by atoms with Gasteiger partial charge in [-0.2, -0.15) is 0 Å². The third kappa shape index (κ3) is 2.47. The van der Waals surface area contributed by atoms with E-state index in [0.29, 0.717) is 5.69 Å². The van der Waals surface area contributed by atoms with E-state index in [1.54, 1.807) is 12.1 Å². The summed E-state index contributed by atoms with van der Waals surface area (Å²) in [4.78, 5) is 12.1. The number of carbonyl (C=O) groups is 1. The van der Waals surface area contributed by atoms with Crippen LogP contribution in [-0.2, 0) is 0 Å². The van der Waals surface area contributed by atoms with Crippen molar-refractivity contribution >= 4 is 17.3 Å². The van der Waals surface area contributed by atoms with Gasteiger partial charge in [-0.05, 0) is 30.7 Å². The molecule has 0 amide bonds. The molecule has 2 aromatic carbocycles. The van der Waals surface area contributed by atoms with E-state index in [4.69, 9.17) is 5.11 Å². The molecule has 0 bridgehead atoms. The Hall–Kier alpha value is -2.43. The van der Waals surface area contributed by atoms with Gasteiger partial charge in [0.1, 0.15) is 5.69 Å². The molecular weight excluding hydrogens is 264 g/mol. The van der Waals surface area contributed by atoms with Crippen LogP contribution in [0.1, 0.15) is 15.9 Å². The fraction of sp³-hybridized carbons (Fsp3) is 0.133. The highest BCUT2D eigenvalue weighted by atomic mass is 19.1. The number of anilines is 2. The maximum atomic E-state index is 14.0. The van der Waals surface area contributed by atoms with E-state index in [0.717, 1.165) is 17.7 Å². The van der Waals surface area contributed by atoms with Gasteiger partial charge in [-0.3, -0.25) is 0 Å². The average Bonchev–Trinajstić information content (AvgIpc) is 2.38. The summed E-state index contributed by atoms with van der Waals surface area (Å²) in [6.45, 7) is 1.83. The van der Waals surface area contributed by atoms with Crippen molar-refractivity contribution < 1.29 is 18.7 Å². The van der Waals surface area contributed by atoms with Crippen LogP contribution >= 0.6 is 0 Å². The smallest absolute Gasteiger partial charge is 0.335 e. The second kappa shape index (κ2) is 5.28. The first-order valence-corrected chi connectivity index (χ1v) is 5.93. The van der Waals surface area contributed by atoms with Gasteiger partial charge in [-0.1, -0.05) is 18.2 Å². The monoisotopic (exact) mass is 277 g/mol. The molecule has 0 spiro atoms. The molecule has 104 valence electrons. The summed E-state index contributed by atoms with van der Waals surface area (Å²) >= 11 is 0. The minimum Gasteiger partial charge on any atom is -0.478 e. The fourth-order valence-corrected chi connectivity index (χ4v) is 2.07. The number of rotatable bonds is 3. The van der Waals surface area contributed by atoms with Gasteiger partial charge in [0, 0.05) is 12.7 Å². The van der Waals surface area contributed by atoms with Crippen molar-refractivity contribution in [2.75, 3.05) is 11.9 Å². The highest BCUT2D eigenvalue weighted by Gasteiger charge is 2.19. The van der Waals surface area contributed by atoms with Crippen LogP contribution in [0.2, 0.25) is 0 Å². The first kappa shape index (κ1) is 14.0. The number of aryl methyl sites for hydroxylation is 1. The summed E-state index contributed by atoms with van der Waals surface area (Å²) in [6.07, 6.45) is 0. The number of halogens is 2. The lowest BCUT2D eigenvalue weighted by molar-refractivity contribution is 0.0696. The molecule has 0 heterocycles. The number of carboxylic acids is 1. The SMILES string of the molecule is Cc1ccccc1N(C)c1c(F)cc(C(=O)O)cc1F. The summed E-state index contributed by atoms with van der Waals surface area (Å²) in [5.41, 5.74) is 0.815. The van der Waals surface area contributed by atoms with Crippen LogP contribution in [0, 0.1) is 18.6 Å². The minimum absolute atomic E-state index is 0.274. The van der Waals surface area contributed by atoms with Crippen molar-refractivity contribution in [2.45, 2.75) is 6.92 Å². The molecule has 0 aliphatic rings. The maximum absolute atomic E-state index is 14.0. The molecule has 0 aromatic heterocycles. The van der Waals surface area contributed by atoms with Crippen molar-refractivity contribution in [3.05, 3.63) is 59.2 Å². The van der Waals surface area contributed by atoms with Crippen LogP contribution in [0.15, 0.2) is 36.4 Å². The molecule has 1 N–H and O–H groups in total. The van der Waals surface area contributed by atoms with Gasteiger partial charge >= 0.3 is 5.97 Å². The Labute approximate surface area is 115 Å². The van der Waals surface area contributed by atoms with Gasteiger partial charge in [0.05, 0.1) is 5.56 Å². The van der Waals surface area contributed by atoms with Crippen molar-refractivity contribution in [1.82, 2.24) is 0 Å². The first-order chi connectivity index (χ1) is 9.41. The lowest BCUT2D eigenvalue weighted by atomic mass is 10.1. The van der Waals surface area contributed by atoms with Gasteiger partial charge in [0.2, 0.25) is 0 Å². The molecule has 2 aromatic rings. The minimum atomic E-state index is -1.37. The number of hydrogen-bond donors (Lipinski definition) is 1. The molecule has 0 saturated carbocycles. The predicted octanol–water partition coefficient (Wildman–Crippen LogP) is 3.74. The van der Waals surface area contributed by atoms with E-state index in [1.807, 2.05) is 19.1 Å². The standard InChI is InChI=1S/C15H13F2NO2/c1-9-5-3-4-6-13(9)18(2)14-11(16)7-10(15(19)20)8-12(14)17/h3-8H,1-2H3,(H,19,20). The molecule has 2 rings (SSSR count). The number of aromatic carboxylic acids is 1. The second-order valence-corrected chi connectivity index (χ2v) is 4.44. The molecule has 0 aliphatic heterocycles. The molecule has 0 fully saturated rings. The van der Waals surface area contributed by atoms with Gasteiger partial charge in [0.25, 0.3) is 0 Å². The zero-order valence-corrected chi connectivity index (χ0v) is 11.0. The Morgan fingerprint density at radius 1 is 1.15 bits per heavy atom. The van der Waals surface area contributed by atoms with E-state index >= 15 is 0 Å². The second-order valence-electron chi connectivity index (χ2n) is 4.44. The number of benzene rings is 2. The predicted molar refractivity (Wildman–Crippen MR) is 72.6 cm³/mol. The molecule has 0 aliphatic carbocycles. The molecule has 0 atom stereocenters. The topological polar surface area (TPSA) is 40.5 Å². The molecule has 0 radical (unpaired) electrons. The van der Waals surface area contributed by atoms with E-state index in [-0.39, 0.29) is 5.69 Å². The molecular formula is C15H13F2NO2. The number of nitrogens with zero attached hydrogens (tertiary/aromatic N) is 1. The molecule has 20 heavy (non-hydrogen) atoms. The van der Waals surface area contributed by atoms with Crippen LogP contribution < -0.4 is 4.90 Å². The fourth-order valence-electron chi connectivity index (χ4n) is 2.07. The Kier molecular flexibility index (Phi) is 3.70. The number of para-hydroxylation sites is 1. The summed E-state index contributed by atoms with van der Waals surface area (Å²) in [7, 11) is 1.53. The summed E-state index contributed by atoms with van der Waals surface area (Å²) < 4.78 is 28.0. The lowest BCUT2D eigenvalue weighted by Crippen LogP contribution is -2.15. The van der Waals surface area contributed by atoms with Gasteiger partial charge in [-0.25, -0.2) is 13.6 Å². The Morgan fingerprint density at radius 2 is 1.70 bits per heavy atom. The Morgan fingerprint density at radius 3 is 2.20 bits per heavy atom. The zero-order chi connectivity index (χ0) is 14.9. The van der Waals surface area contributed by atoms with Crippen molar-refractivity contribution in [3.8, 4) is 0 Å². The average molecular weight is 277 g/mol. The molecule has 3 nitrogen and oxygen atoms in total. The summed E-state index contributed by atoms with van der Waals surface area (Å²) in [5, 5.41) is 8.78. The molecule has 5 heteroatoms. The van der Waals surface area contributed by atoms with Crippen molar-refractivity contribution in [3.63, 3.8) is 0 Å². The van der Waals surface area contributed by atoms with Crippen LogP contribution in [0.3, 0.4) is 0 Å². The largest absolute Gasteiger partial charge is 0.478 e. The highest BCUT2D eigenvalue weighted by molar-refractivity contribution is 5.88. The van der Waals surface area contributed by atoms with Gasteiger partial charge in [-0.15, -0.1) is 0 Å². The van der Waals surface area contributed by atoms with Crippen molar-refractivity contribution in [1.29, 1.82) is 0 Å².